The second kappa shape index (κ2) is 8.78. The van der Waals surface area contributed by atoms with Crippen LogP contribution >= 0.6 is 15.9 Å². The first-order valence-corrected chi connectivity index (χ1v) is 11.3. The fraction of sp³-hybridized carbons (Fsp3) is 0.200. The number of fused-ring (bicyclic) bond motifs is 1. The van der Waals surface area contributed by atoms with Gasteiger partial charge in [-0.2, -0.15) is 9.78 Å². The minimum absolute atomic E-state index is 0.229. The Morgan fingerprint density at radius 1 is 1.18 bits per heavy atom. The van der Waals surface area contributed by atoms with Crippen LogP contribution in [0, 0.1) is 20.8 Å². The molecular weight excluding hydrogens is 484 g/mol. The maximum absolute atomic E-state index is 13.1. The molecule has 2 aromatic carbocycles. The number of carboxylic acid groups (broad SMARTS) is 1. The number of aryl methyl sites for hydroxylation is 2. The van der Waals surface area contributed by atoms with Crippen molar-refractivity contribution in [2.24, 2.45) is 5.10 Å². The molecule has 1 N–H and O–H groups in total. The van der Waals surface area contributed by atoms with Crippen LogP contribution in [0.15, 0.2) is 56.8 Å². The number of hydrogen-bond donors (Lipinski definition) is 1. The zero-order valence-corrected chi connectivity index (χ0v) is 20.3. The van der Waals surface area contributed by atoms with Gasteiger partial charge in [-0.3, -0.25) is 4.79 Å². The van der Waals surface area contributed by atoms with E-state index in [4.69, 9.17) is 0 Å². The Bertz CT molecular complexity index is 1500. The monoisotopic (exact) mass is 506 g/mol. The maximum Gasteiger partial charge on any atom is 0.336 e. The van der Waals surface area contributed by atoms with Gasteiger partial charge in [-0.05, 0) is 62.7 Å². The number of carbonyl (C=O) groups is 1. The number of rotatable bonds is 5. The van der Waals surface area contributed by atoms with E-state index >= 15 is 0 Å². The second-order valence-electron chi connectivity index (χ2n) is 7.82. The number of nitrogens with zero attached hydrogens (tertiary/aromatic N) is 4. The van der Waals surface area contributed by atoms with Crippen molar-refractivity contribution in [2.75, 3.05) is 0 Å². The summed E-state index contributed by atoms with van der Waals surface area (Å²) in [6.07, 6.45) is 2.21. The first kappa shape index (κ1) is 22.7. The van der Waals surface area contributed by atoms with E-state index in [-0.39, 0.29) is 11.1 Å². The minimum Gasteiger partial charge on any atom is -0.478 e. The van der Waals surface area contributed by atoms with E-state index in [0.29, 0.717) is 28.7 Å². The summed E-state index contributed by atoms with van der Waals surface area (Å²) < 4.78 is 4.15. The van der Waals surface area contributed by atoms with Gasteiger partial charge in [0.25, 0.3) is 5.56 Å². The largest absolute Gasteiger partial charge is 0.478 e. The molecule has 7 nitrogen and oxygen atoms in total. The summed E-state index contributed by atoms with van der Waals surface area (Å²) in [6, 6.07) is 12.6. The maximum atomic E-state index is 13.1. The van der Waals surface area contributed by atoms with Crippen molar-refractivity contribution in [3.05, 3.63) is 91.2 Å². The average Bonchev–Trinajstić information content (AvgIpc) is 3.06. The molecule has 0 saturated heterocycles. The molecule has 0 unspecified atom stereocenters. The molecule has 2 heterocycles. The van der Waals surface area contributed by atoms with Crippen molar-refractivity contribution < 1.29 is 9.90 Å². The summed E-state index contributed by atoms with van der Waals surface area (Å²) in [7, 11) is 0. The van der Waals surface area contributed by atoms with Gasteiger partial charge in [-0.15, -0.1) is 0 Å². The van der Waals surface area contributed by atoms with Gasteiger partial charge in [0.2, 0.25) is 0 Å². The van der Waals surface area contributed by atoms with Crippen molar-refractivity contribution >= 4 is 39.0 Å². The SMILES string of the molecule is CCc1nc2ccc(Br)cc2c(=O)n1N=Cc1cc(C)n(-c2cccc(C(=O)O)c2C)c1C. The topological polar surface area (TPSA) is 89.5 Å². The molecule has 0 amide bonds. The smallest absolute Gasteiger partial charge is 0.336 e. The number of aromatic carboxylic acids is 1. The molecule has 0 aliphatic heterocycles. The highest BCUT2D eigenvalue weighted by Gasteiger charge is 2.16. The Morgan fingerprint density at radius 2 is 1.94 bits per heavy atom. The van der Waals surface area contributed by atoms with E-state index in [1.807, 2.05) is 49.6 Å². The standard InChI is InChI=1S/C25H23BrN4O3/c1-5-23-28-21-10-9-18(26)12-20(21)24(31)30(23)27-13-17-11-14(2)29(16(17)4)22-8-6-7-19(15(22)3)25(32)33/h6-13H,5H2,1-4H3,(H,32,33). The van der Waals surface area contributed by atoms with E-state index in [0.717, 1.165) is 27.1 Å². The summed E-state index contributed by atoms with van der Waals surface area (Å²) in [5.41, 5.74) is 4.82. The normalized spacial score (nSPS) is 11.5. The lowest BCUT2D eigenvalue weighted by Gasteiger charge is -2.14. The Labute approximate surface area is 199 Å². The van der Waals surface area contributed by atoms with E-state index in [2.05, 4.69) is 26.0 Å². The van der Waals surface area contributed by atoms with Crippen LogP contribution in [-0.4, -0.2) is 31.5 Å². The van der Waals surface area contributed by atoms with Gasteiger partial charge in [0.1, 0.15) is 5.82 Å². The third-order valence-corrected chi connectivity index (χ3v) is 6.24. The van der Waals surface area contributed by atoms with Gasteiger partial charge < -0.3 is 9.67 Å². The molecule has 0 aliphatic carbocycles. The highest BCUT2D eigenvalue weighted by atomic mass is 79.9. The van der Waals surface area contributed by atoms with E-state index < -0.39 is 5.97 Å². The van der Waals surface area contributed by atoms with Crippen molar-refractivity contribution in [1.29, 1.82) is 0 Å². The Kier molecular flexibility index (Phi) is 6.03. The summed E-state index contributed by atoms with van der Waals surface area (Å²) in [5, 5.41) is 14.5. The first-order chi connectivity index (χ1) is 15.7. The van der Waals surface area contributed by atoms with Crippen LogP contribution in [0.5, 0.6) is 0 Å². The average molecular weight is 507 g/mol. The molecule has 0 radical (unpaired) electrons. The van der Waals surface area contributed by atoms with Crippen molar-refractivity contribution in [3.8, 4) is 5.69 Å². The first-order valence-electron chi connectivity index (χ1n) is 10.5. The van der Waals surface area contributed by atoms with Crippen molar-refractivity contribution in [2.45, 2.75) is 34.1 Å². The zero-order chi connectivity index (χ0) is 23.9. The fourth-order valence-electron chi connectivity index (χ4n) is 4.05. The quantitative estimate of drug-likeness (QED) is 0.385. The second-order valence-corrected chi connectivity index (χ2v) is 8.74. The molecule has 8 heteroatoms. The zero-order valence-electron chi connectivity index (χ0n) is 18.8. The molecule has 4 rings (SSSR count). The summed E-state index contributed by atoms with van der Waals surface area (Å²) in [5.74, 6) is -0.384. The summed E-state index contributed by atoms with van der Waals surface area (Å²) >= 11 is 3.41. The van der Waals surface area contributed by atoms with E-state index in [9.17, 15) is 14.7 Å². The van der Waals surface area contributed by atoms with Crippen LogP contribution in [0.1, 0.15) is 45.6 Å². The van der Waals surface area contributed by atoms with Gasteiger partial charge in [0.15, 0.2) is 0 Å². The Hall–Kier alpha value is -3.52. The Balaban J connectivity index is 1.83. The van der Waals surface area contributed by atoms with Crippen LogP contribution in [0.4, 0.5) is 0 Å². The molecule has 0 aliphatic rings. The third kappa shape index (κ3) is 4.02. The number of aromatic nitrogens is 3. The number of carboxylic acids is 1. The predicted octanol–water partition coefficient (Wildman–Crippen LogP) is 5.02. The van der Waals surface area contributed by atoms with Crippen LogP contribution in [-0.2, 0) is 6.42 Å². The van der Waals surface area contributed by atoms with Crippen LogP contribution < -0.4 is 5.56 Å². The molecule has 0 bridgehead atoms. The van der Waals surface area contributed by atoms with E-state index in [1.54, 1.807) is 31.3 Å². The lowest BCUT2D eigenvalue weighted by atomic mass is 10.1. The third-order valence-electron chi connectivity index (χ3n) is 5.75. The molecule has 2 aromatic heterocycles. The number of benzene rings is 2. The van der Waals surface area contributed by atoms with Crippen molar-refractivity contribution in [1.82, 2.24) is 14.2 Å². The highest BCUT2D eigenvalue weighted by Crippen LogP contribution is 2.25. The van der Waals surface area contributed by atoms with Gasteiger partial charge >= 0.3 is 5.97 Å². The minimum atomic E-state index is -0.958. The Morgan fingerprint density at radius 3 is 2.64 bits per heavy atom. The van der Waals surface area contributed by atoms with Gasteiger partial charge in [-0.1, -0.05) is 28.9 Å². The fourth-order valence-corrected chi connectivity index (χ4v) is 4.41. The van der Waals surface area contributed by atoms with Gasteiger partial charge in [0.05, 0.1) is 22.7 Å². The molecule has 0 fully saturated rings. The lowest BCUT2D eigenvalue weighted by molar-refractivity contribution is 0.0696. The molecule has 0 spiro atoms. The lowest BCUT2D eigenvalue weighted by Crippen LogP contribution is -2.22. The highest BCUT2D eigenvalue weighted by molar-refractivity contribution is 9.10. The number of halogens is 1. The molecule has 0 atom stereocenters. The number of hydrogen-bond acceptors (Lipinski definition) is 4. The van der Waals surface area contributed by atoms with Gasteiger partial charge in [-0.25, -0.2) is 9.78 Å². The molecule has 33 heavy (non-hydrogen) atoms. The van der Waals surface area contributed by atoms with Crippen LogP contribution in [0.25, 0.3) is 16.6 Å². The molecule has 0 saturated carbocycles. The summed E-state index contributed by atoms with van der Waals surface area (Å²) in [6.45, 7) is 7.64. The van der Waals surface area contributed by atoms with E-state index in [1.165, 1.54) is 4.68 Å². The van der Waals surface area contributed by atoms with Gasteiger partial charge in [0, 0.05) is 33.5 Å². The van der Waals surface area contributed by atoms with Crippen LogP contribution in [0.3, 0.4) is 0 Å². The molecular formula is C25H23BrN4O3. The summed E-state index contributed by atoms with van der Waals surface area (Å²) in [4.78, 5) is 29.3. The molecule has 168 valence electrons. The molecule has 4 aromatic rings. The predicted molar refractivity (Wildman–Crippen MR) is 133 cm³/mol. The van der Waals surface area contributed by atoms with Crippen molar-refractivity contribution in [3.63, 3.8) is 0 Å². The van der Waals surface area contributed by atoms with Crippen LogP contribution in [0.2, 0.25) is 0 Å².